The molecule has 0 fully saturated rings. The number of rotatable bonds is 11. The van der Waals surface area contributed by atoms with Crippen LogP contribution in [0.3, 0.4) is 0 Å². The minimum atomic E-state index is -4.52. The summed E-state index contributed by atoms with van der Waals surface area (Å²) in [5, 5.41) is 18.0. The quantitative estimate of drug-likeness (QED) is 0.342. The monoisotopic (exact) mass is 514 g/mol. The van der Waals surface area contributed by atoms with Gasteiger partial charge in [0.15, 0.2) is 0 Å². The lowest BCUT2D eigenvalue weighted by molar-refractivity contribution is -0.137. The molecule has 2 aromatic rings. The van der Waals surface area contributed by atoms with Gasteiger partial charge in [-0.15, -0.1) is 0 Å². The molecule has 1 aliphatic heterocycles. The minimum absolute atomic E-state index is 0.0204. The van der Waals surface area contributed by atoms with Crippen LogP contribution < -0.4 is 20.7 Å². The van der Waals surface area contributed by atoms with Gasteiger partial charge in [0.25, 0.3) is 12.3 Å². The average molecular weight is 515 g/mol. The Kier molecular flexibility index (Phi) is 9.07. The highest BCUT2D eigenvalue weighted by molar-refractivity contribution is 6.30. The van der Waals surface area contributed by atoms with E-state index in [2.05, 4.69) is 16.0 Å². The standard InChI is InChI=1S/C23H26ClF3N4O4/c1-28-20-19(21(33)29-9-11-34-12-10-32)31(14-15-5-7-17(24)8-6-15)22(30-20)35-18-4-2-3-16(13-18)23(25,26)27/h2-8,13,22,28,30,32H,9-12,14H2,1H3,(H,29,33). The molecule has 1 unspecified atom stereocenters. The van der Waals surface area contributed by atoms with E-state index >= 15 is 0 Å². The molecule has 0 radical (unpaired) electrons. The molecule has 0 saturated heterocycles. The Hall–Kier alpha value is -3.15. The van der Waals surface area contributed by atoms with E-state index < -0.39 is 24.0 Å². The Morgan fingerprint density at radius 1 is 1.20 bits per heavy atom. The lowest BCUT2D eigenvalue weighted by Gasteiger charge is -2.28. The molecule has 35 heavy (non-hydrogen) atoms. The molecule has 1 atom stereocenters. The predicted molar refractivity (Wildman–Crippen MR) is 123 cm³/mol. The summed E-state index contributed by atoms with van der Waals surface area (Å²) >= 11 is 5.98. The summed E-state index contributed by atoms with van der Waals surface area (Å²) in [6.07, 6.45) is -5.51. The number of aliphatic hydroxyl groups excluding tert-OH is 1. The number of nitrogens with zero attached hydrogens (tertiary/aromatic N) is 1. The maximum absolute atomic E-state index is 13.2. The molecule has 1 amide bonds. The van der Waals surface area contributed by atoms with Crippen molar-refractivity contribution >= 4 is 17.5 Å². The first-order chi connectivity index (χ1) is 16.7. The molecular weight excluding hydrogens is 489 g/mol. The molecule has 0 spiro atoms. The number of benzene rings is 2. The van der Waals surface area contributed by atoms with Crippen LogP contribution in [0.2, 0.25) is 5.02 Å². The SMILES string of the molecule is CNC1=C(C(=O)NCCOCCO)N(Cc2ccc(Cl)cc2)C(Oc2cccc(C(F)(F)F)c2)N1. The van der Waals surface area contributed by atoms with Gasteiger partial charge in [0.05, 0.1) is 25.4 Å². The smallest absolute Gasteiger partial charge is 0.416 e. The molecule has 1 heterocycles. The fraction of sp³-hybridized carbons (Fsp3) is 0.348. The van der Waals surface area contributed by atoms with E-state index in [0.717, 1.165) is 17.7 Å². The second-order valence-electron chi connectivity index (χ2n) is 7.46. The number of amides is 1. The molecule has 8 nitrogen and oxygen atoms in total. The van der Waals surface area contributed by atoms with Gasteiger partial charge in [-0.05, 0) is 35.9 Å². The number of halogens is 4. The van der Waals surface area contributed by atoms with E-state index in [1.807, 2.05) is 0 Å². The second kappa shape index (κ2) is 12.0. The maximum Gasteiger partial charge on any atom is 0.416 e. The van der Waals surface area contributed by atoms with Crippen molar-refractivity contribution in [1.82, 2.24) is 20.9 Å². The van der Waals surface area contributed by atoms with Crippen LogP contribution in [0.1, 0.15) is 11.1 Å². The summed E-state index contributed by atoms with van der Waals surface area (Å²) in [5.74, 6) is -0.129. The number of aliphatic hydroxyl groups is 1. The summed E-state index contributed by atoms with van der Waals surface area (Å²) in [7, 11) is 1.60. The highest BCUT2D eigenvalue weighted by Gasteiger charge is 2.37. The molecule has 3 rings (SSSR count). The van der Waals surface area contributed by atoms with Crippen LogP contribution in [-0.2, 0) is 22.3 Å². The van der Waals surface area contributed by atoms with Crippen LogP contribution in [-0.4, -0.2) is 55.7 Å². The summed E-state index contributed by atoms with van der Waals surface area (Å²) in [6, 6.07) is 11.5. The topological polar surface area (TPSA) is 95.1 Å². The zero-order valence-corrected chi connectivity index (χ0v) is 19.6. The lowest BCUT2D eigenvalue weighted by atomic mass is 10.2. The number of alkyl halides is 3. The molecule has 0 aromatic heterocycles. The second-order valence-corrected chi connectivity index (χ2v) is 7.90. The van der Waals surface area contributed by atoms with E-state index in [9.17, 15) is 18.0 Å². The third-order valence-corrected chi connectivity index (χ3v) is 5.23. The van der Waals surface area contributed by atoms with Gasteiger partial charge in [-0.2, -0.15) is 13.2 Å². The Morgan fingerprint density at radius 2 is 1.94 bits per heavy atom. The van der Waals surface area contributed by atoms with Crippen LogP contribution in [0, 0.1) is 0 Å². The number of ether oxygens (including phenoxy) is 2. The van der Waals surface area contributed by atoms with Gasteiger partial charge < -0.3 is 35.4 Å². The summed E-state index contributed by atoms with van der Waals surface area (Å²) < 4.78 is 50.5. The number of carbonyl (C=O) groups is 1. The number of hydrogen-bond acceptors (Lipinski definition) is 7. The van der Waals surface area contributed by atoms with Crippen molar-refractivity contribution in [3.63, 3.8) is 0 Å². The molecule has 2 aromatic carbocycles. The zero-order chi connectivity index (χ0) is 25.4. The van der Waals surface area contributed by atoms with Gasteiger partial charge >= 0.3 is 6.18 Å². The first kappa shape index (κ1) is 26.5. The summed E-state index contributed by atoms with van der Waals surface area (Å²) in [5.41, 5.74) is 0.157. The van der Waals surface area contributed by atoms with Gasteiger partial charge in [-0.3, -0.25) is 4.79 Å². The van der Waals surface area contributed by atoms with Crippen molar-refractivity contribution < 1.29 is 32.5 Å². The van der Waals surface area contributed by atoms with E-state index in [-0.39, 0.29) is 44.4 Å². The summed E-state index contributed by atoms with van der Waals surface area (Å²) in [6.45, 7) is 0.604. The van der Waals surface area contributed by atoms with Gasteiger partial charge in [-0.1, -0.05) is 29.8 Å². The molecule has 0 saturated carbocycles. The number of nitrogens with one attached hydrogen (secondary N) is 3. The lowest BCUT2D eigenvalue weighted by Crippen LogP contribution is -2.44. The maximum atomic E-state index is 13.2. The van der Waals surface area contributed by atoms with E-state index in [4.69, 9.17) is 26.2 Å². The minimum Gasteiger partial charge on any atom is -0.452 e. The van der Waals surface area contributed by atoms with Crippen molar-refractivity contribution in [3.8, 4) is 5.75 Å². The normalized spacial score (nSPS) is 15.7. The van der Waals surface area contributed by atoms with Crippen LogP contribution >= 0.6 is 11.6 Å². The van der Waals surface area contributed by atoms with Crippen LogP contribution in [0.25, 0.3) is 0 Å². The molecule has 0 bridgehead atoms. The Labute approximate surface area is 205 Å². The molecule has 4 N–H and O–H groups in total. The molecule has 0 aliphatic carbocycles. The first-order valence-electron chi connectivity index (χ1n) is 10.7. The van der Waals surface area contributed by atoms with Gasteiger partial charge in [-0.25, -0.2) is 0 Å². The number of hydrogen-bond donors (Lipinski definition) is 4. The Morgan fingerprint density at radius 3 is 2.60 bits per heavy atom. The van der Waals surface area contributed by atoms with Crippen LogP contribution in [0.5, 0.6) is 5.75 Å². The Bertz CT molecular complexity index is 1030. The van der Waals surface area contributed by atoms with Crippen molar-refractivity contribution in [1.29, 1.82) is 0 Å². The van der Waals surface area contributed by atoms with Crippen molar-refractivity contribution in [2.75, 3.05) is 33.4 Å². The molecule has 12 heteroatoms. The number of carbonyl (C=O) groups excluding carboxylic acids is 1. The third-order valence-electron chi connectivity index (χ3n) is 4.98. The zero-order valence-electron chi connectivity index (χ0n) is 18.9. The molecular formula is C23H26ClF3N4O4. The van der Waals surface area contributed by atoms with E-state index in [1.165, 1.54) is 12.1 Å². The largest absolute Gasteiger partial charge is 0.452 e. The van der Waals surface area contributed by atoms with Crippen molar-refractivity contribution in [2.45, 2.75) is 19.1 Å². The van der Waals surface area contributed by atoms with Crippen molar-refractivity contribution in [3.05, 3.63) is 76.2 Å². The van der Waals surface area contributed by atoms with Gasteiger partial charge in [0.1, 0.15) is 17.3 Å². The first-order valence-corrected chi connectivity index (χ1v) is 11.1. The van der Waals surface area contributed by atoms with Crippen LogP contribution in [0.15, 0.2) is 60.0 Å². The van der Waals surface area contributed by atoms with Gasteiger partial charge in [0, 0.05) is 25.2 Å². The fourth-order valence-electron chi connectivity index (χ4n) is 3.37. The molecule has 1 aliphatic rings. The molecule has 190 valence electrons. The fourth-order valence-corrected chi connectivity index (χ4v) is 3.49. The van der Waals surface area contributed by atoms with Gasteiger partial charge in [0.2, 0.25) is 0 Å². The Balaban J connectivity index is 1.84. The highest BCUT2D eigenvalue weighted by Crippen LogP contribution is 2.32. The summed E-state index contributed by atoms with van der Waals surface area (Å²) in [4.78, 5) is 14.7. The predicted octanol–water partition coefficient (Wildman–Crippen LogP) is 2.64. The average Bonchev–Trinajstić information content (AvgIpc) is 3.16. The van der Waals surface area contributed by atoms with E-state index in [0.29, 0.717) is 10.8 Å². The third kappa shape index (κ3) is 7.17. The van der Waals surface area contributed by atoms with Crippen LogP contribution in [0.4, 0.5) is 13.2 Å². The van der Waals surface area contributed by atoms with E-state index in [1.54, 1.807) is 36.2 Å². The highest BCUT2D eigenvalue weighted by atomic mass is 35.5. The van der Waals surface area contributed by atoms with Crippen molar-refractivity contribution in [2.24, 2.45) is 0 Å².